The lowest BCUT2D eigenvalue weighted by molar-refractivity contribution is -0.144. The van der Waals surface area contributed by atoms with E-state index in [1.807, 2.05) is 6.92 Å². The third-order valence-corrected chi connectivity index (χ3v) is 11.1. The maximum Gasteiger partial charge on any atom is 0.254 e. The number of carbonyl (C=O) groups is 1. The Morgan fingerprint density at radius 1 is 1.11 bits per heavy atom. The van der Waals surface area contributed by atoms with Gasteiger partial charge in [-0.05, 0) is 125 Å². The van der Waals surface area contributed by atoms with Gasteiger partial charge in [-0.25, -0.2) is 8.78 Å². The molecule has 1 aromatic rings. The van der Waals surface area contributed by atoms with Gasteiger partial charge >= 0.3 is 0 Å². The maximum atomic E-state index is 14.2. The zero-order chi connectivity index (χ0) is 26.4. The predicted octanol–water partition coefficient (Wildman–Crippen LogP) is 6.51. The Labute approximate surface area is 220 Å². The molecule has 0 radical (unpaired) electrons. The lowest BCUT2D eigenvalue weighted by Gasteiger charge is -2.61. The van der Waals surface area contributed by atoms with Crippen LogP contribution in [0.2, 0.25) is 0 Å². The molecule has 0 bridgehead atoms. The molecule has 0 saturated heterocycles. The van der Waals surface area contributed by atoms with E-state index in [9.17, 15) is 18.7 Å². The second kappa shape index (κ2) is 10.6. The highest BCUT2D eigenvalue weighted by Crippen LogP contribution is 2.63. The van der Waals surface area contributed by atoms with E-state index in [-0.39, 0.29) is 17.0 Å². The van der Waals surface area contributed by atoms with Gasteiger partial charge < -0.3 is 15.2 Å². The quantitative estimate of drug-likeness (QED) is 0.452. The van der Waals surface area contributed by atoms with Crippen molar-refractivity contribution in [3.05, 3.63) is 35.4 Å². The average Bonchev–Trinajstić information content (AvgIpc) is 2.86. The summed E-state index contributed by atoms with van der Waals surface area (Å²) >= 11 is 0. The number of benzene rings is 1. The Kier molecular flexibility index (Phi) is 7.72. The SMILES string of the molecule is CCOC[C@@]1(O)CC[C@@H]2C3CC[C@]4(C)[C@@H](C(C)NC(=O)c5ccc(F)cc5F)CCC[C@H]4[C@@H]3CC[C@@H]2C1. The van der Waals surface area contributed by atoms with Gasteiger partial charge in [0.1, 0.15) is 11.6 Å². The maximum absolute atomic E-state index is 14.2. The molecular weight excluding hydrogens is 472 g/mol. The van der Waals surface area contributed by atoms with E-state index in [0.29, 0.717) is 36.9 Å². The Balaban J connectivity index is 1.27. The van der Waals surface area contributed by atoms with E-state index in [1.165, 1.54) is 44.6 Å². The number of fused-ring (bicyclic) bond motifs is 5. The topological polar surface area (TPSA) is 58.6 Å². The summed E-state index contributed by atoms with van der Waals surface area (Å²) in [5.41, 5.74) is -0.583. The summed E-state index contributed by atoms with van der Waals surface area (Å²) in [6.07, 6.45) is 11.2. The molecule has 2 unspecified atom stereocenters. The molecule has 4 nitrogen and oxygen atoms in total. The number of hydrogen-bond donors (Lipinski definition) is 2. The summed E-state index contributed by atoms with van der Waals surface area (Å²) in [6.45, 7) is 7.63. The number of rotatable bonds is 6. The highest BCUT2D eigenvalue weighted by molar-refractivity contribution is 5.94. The van der Waals surface area contributed by atoms with Crippen LogP contribution in [0.5, 0.6) is 0 Å². The fourth-order valence-electron chi connectivity index (χ4n) is 9.50. The number of hydrogen-bond acceptors (Lipinski definition) is 3. The summed E-state index contributed by atoms with van der Waals surface area (Å²) < 4.78 is 33.2. The second-order valence-electron chi connectivity index (χ2n) is 13.0. The average molecular weight is 518 g/mol. The molecule has 0 spiro atoms. The van der Waals surface area contributed by atoms with Crippen molar-refractivity contribution in [2.75, 3.05) is 13.2 Å². The second-order valence-corrected chi connectivity index (χ2v) is 13.0. The molecule has 206 valence electrons. The Morgan fingerprint density at radius 2 is 1.89 bits per heavy atom. The molecule has 4 fully saturated rings. The lowest BCUT2D eigenvalue weighted by Crippen LogP contribution is -2.57. The molecule has 9 atom stereocenters. The van der Waals surface area contributed by atoms with Crippen LogP contribution in [0, 0.1) is 52.6 Å². The fraction of sp³-hybridized carbons (Fsp3) is 0.774. The molecule has 6 heteroatoms. The van der Waals surface area contributed by atoms with Crippen molar-refractivity contribution in [2.45, 2.75) is 96.6 Å². The minimum Gasteiger partial charge on any atom is -0.387 e. The van der Waals surface area contributed by atoms with Gasteiger partial charge in [0.25, 0.3) is 5.91 Å². The van der Waals surface area contributed by atoms with Crippen LogP contribution in [0.25, 0.3) is 0 Å². The van der Waals surface area contributed by atoms with Crippen molar-refractivity contribution in [1.29, 1.82) is 0 Å². The zero-order valence-electron chi connectivity index (χ0n) is 22.8. The summed E-state index contributed by atoms with van der Waals surface area (Å²) in [7, 11) is 0. The first kappa shape index (κ1) is 27.1. The minimum atomic E-state index is -0.810. The van der Waals surface area contributed by atoms with Crippen molar-refractivity contribution in [3.63, 3.8) is 0 Å². The standard InChI is InChI=1S/C31H45F2NO3/c1-4-37-18-31(36)15-13-22-20(17-31)8-10-24-23(22)12-14-30(3)26(6-5-7-27(24)30)19(2)34-29(35)25-11-9-21(32)16-28(25)33/h9,11,16,19-20,22-24,26-27,36H,4-8,10,12-15,17-18H2,1-3H3,(H,34,35)/t19?,20-,22+,23?,24-,26-,27+,30-,31-/m1/s1. The van der Waals surface area contributed by atoms with Crippen LogP contribution in [0.15, 0.2) is 18.2 Å². The van der Waals surface area contributed by atoms with Gasteiger partial charge in [0.2, 0.25) is 0 Å². The van der Waals surface area contributed by atoms with Gasteiger partial charge in [0.15, 0.2) is 0 Å². The van der Waals surface area contributed by atoms with Crippen LogP contribution >= 0.6 is 0 Å². The van der Waals surface area contributed by atoms with Crippen molar-refractivity contribution in [2.24, 2.45) is 40.9 Å². The summed E-state index contributed by atoms with van der Waals surface area (Å²) in [4.78, 5) is 12.9. The summed E-state index contributed by atoms with van der Waals surface area (Å²) in [6, 6.07) is 3.08. The van der Waals surface area contributed by atoms with E-state index in [4.69, 9.17) is 4.74 Å². The number of ether oxygens (including phenoxy) is 1. The number of nitrogens with one attached hydrogen (secondary N) is 1. The first-order valence-corrected chi connectivity index (χ1v) is 14.7. The van der Waals surface area contributed by atoms with Gasteiger partial charge in [0, 0.05) is 18.7 Å². The van der Waals surface area contributed by atoms with Gasteiger partial charge in [-0.2, -0.15) is 0 Å². The molecule has 37 heavy (non-hydrogen) atoms. The molecule has 2 N–H and O–H groups in total. The monoisotopic (exact) mass is 517 g/mol. The van der Waals surface area contributed by atoms with Gasteiger partial charge in [-0.15, -0.1) is 0 Å². The highest BCUT2D eigenvalue weighted by atomic mass is 19.1. The van der Waals surface area contributed by atoms with E-state index in [0.717, 1.165) is 49.7 Å². The largest absolute Gasteiger partial charge is 0.387 e. The van der Waals surface area contributed by atoms with Crippen molar-refractivity contribution < 1.29 is 23.4 Å². The van der Waals surface area contributed by atoms with Crippen LogP contribution in [0.4, 0.5) is 8.78 Å². The molecule has 0 aliphatic heterocycles. The summed E-state index contributed by atoms with van der Waals surface area (Å²) in [5.74, 6) is 1.84. The normalized spacial score (nSPS) is 40.2. The third kappa shape index (κ3) is 5.09. The first-order chi connectivity index (χ1) is 17.6. The molecule has 1 amide bonds. The van der Waals surface area contributed by atoms with E-state index >= 15 is 0 Å². The minimum absolute atomic E-state index is 0.0686. The van der Waals surface area contributed by atoms with Crippen molar-refractivity contribution >= 4 is 5.91 Å². The molecule has 1 aromatic carbocycles. The van der Waals surface area contributed by atoms with Crippen LogP contribution < -0.4 is 5.32 Å². The van der Waals surface area contributed by atoms with Crippen LogP contribution in [-0.2, 0) is 4.74 Å². The van der Waals surface area contributed by atoms with E-state index < -0.39 is 23.1 Å². The van der Waals surface area contributed by atoms with Crippen LogP contribution in [0.3, 0.4) is 0 Å². The van der Waals surface area contributed by atoms with Crippen LogP contribution in [-0.4, -0.2) is 35.9 Å². The summed E-state index contributed by atoms with van der Waals surface area (Å²) in [5, 5.41) is 14.2. The highest BCUT2D eigenvalue weighted by Gasteiger charge is 2.57. The Hall–Kier alpha value is -1.53. The molecule has 4 saturated carbocycles. The third-order valence-electron chi connectivity index (χ3n) is 11.1. The van der Waals surface area contributed by atoms with Crippen molar-refractivity contribution in [1.82, 2.24) is 5.32 Å². The van der Waals surface area contributed by atoms with Gasteiger partial charge in [-0.1, -0.05) is 13.3 Å². The molecule has 0 aromatic heterocycles. The molecule has 5 rings (SSSR count). The zero-order valence-corrected chi connectivity index (χ0v) is 22.8. The molecule has 4 aliphatic rings. The van der Waals surface area contributed by atoms with Gasteiger partial charge in [0.05, 0.1) is 17.8 Å². The number of aliphatic hydroxyl groups is 1. The first-order valence-electron chi connectivity index (χ1n) is 14.7. The Bertz CT molecular complexity index is 987. The number of carbonyl (C=O) groups excluding carboxylic acids is 1. The smallest absolute Gasteiger partial charge is 0.254 e. The van der Waals surface area contributed by atoms with E-state index in [2.05, 4.69) is 19.2 Å². The number of amides is 1. The van der Waals surface area contributed by atoms with E-state index in [1.54, 1.807) is 0 Å². The van der Waals surface area contributed by atoms with Gasteiger partial charge in [-0.3, -0.25) is 4.79 Å². The number of halogens is 2. The predicted molar refractivity (Wildman–Crippen MR) is 140 cm³/mol. The van der Waals surface area contributed by atoms with Crippen molar-refractivity contribution in [3.8, 4) is 0 Å². The lowest BCUT2D eigenvalue weighted by atomic mass is 9.44. The van der Waals surface area contributed by atoms with Crippen LogP contribution in [0.1, 0.15) is 95.3 Å². The fourth-order valence-corrected chi connectivity index (χ4v) is 9.50. The molecule has 0 heterocycles. The Morgan fingerprint density at radius 3 is 2.65 bits per heavy atom. The molecular formula is C31H45F2NO3. The molecule has 4 aliphatic carbocycles.